The molecule has 0 unspecified atom stereocenters. The molecule has 1 rings (SSSR count). The molecular formula is C8H13Br. The van der Waals surface area contributed by atoms with Gasteiger partial charge in [-0.3, -0.25) is 0 Å². The molecule has 0 aliphatic carbocycles. The Balaban J connectivity index is 0. The molecule has 0 amide bonds. The zero-order valence-electron chi connectivity index (χ0n) is 5.87. The van der Waals surface area contributed by atoms with Gasteiger partial charge >= 0.3 is 0 Å². The van der Waals surface area contributed by atoms with Crippen LogP contribution in [0, 0.1) is 0 Å². The lowest BCUT2D eigenvalue weighted by Gasteiger charge is -1.69. The van der Waals surface area contributed by atoms with E-state index >= 15 is 0 Å². The van der Waals surface area contributed by atoms with Crippen LogP contribution in [-0.4, -0.2) is 0 Å². The first kappa shape index (κ1) is 11.5. The molecular weight excluding hydrogens is 176 g/mol. The summed E-state index contributed by atoms with van der Waals surface area (Å²) in [4.78, 5) is 0. The van der Waals surface area contributed by atoms with Crippen LogP contribution in [0.4, 0.5) is 0 Å². The normalized spacial score (nSPS) is 6.00. The summed E-state index contributed by atoms with van der Waals surface area (Å²) in [6.07, 6.45) is 0. The monoisotopic (exact) mass is 188 g/mol. The first-order valence-corrected chi connectivity index (χ1v) is 3.00. The van der Waals surface area contributed by atoms with Gasteiger partial charge in [0.15, 0.2) is 0 Å². The lowest BCUT2D eigenvalue weighted by atomic mass is 10.4. The van der Waals surface area contributed by atoms with E-state index in [1.807, 2.05) is 50.2 Å². The summed E-state index contributed by atoms with van der Waals surface area (Å²) in [5.41, 5.74) is 0. The predicted molar refractivity (Wildman–Crippen MR) is 48.1 cm³/mol. The molecule has 0 fully saturated rings. The van der Waals surface area contributed by atoms with Gasteiger partial charge in [0.25, 0.3) is 0 Å². The number of benzene rings is 1. The van der Waals surface area contributed by atoms with Crippen LogP contribution in [-0.2, 0) is 0 Å². The molecule has 0 aliphatic rings. The fourth-order valence-electron chi connectivity index (χ4n) is 0.385. The highest BCUT2D eigenvalue weighted by atomic mass is 79.9. The van der Waals surface area contributed by atoms with Gasteiger partial charge in [-0.2, -0.15) is 0 Å². The smallest absolute Gasteiger partial charge is 0.0623 e. The molecule has 0 atom stereocenters. The summed E-state index contributed by atoms with van der Waals surface area (Å²) in [7, 11) is 0. The summed E-state index contributed by atoms with van der Waals surface area (Å²) in [6, 6.07) is 12.0. The number of hydrogen-bond acceptors (Lipinski definition) is 0. The van der Waals surface area contributed by atoms with Gasteiger partial charge in [0, 0.05) is 0 Å². The molecule has 0 aromatic heterocycles. The molecule has 1 aromatic rings. The van der Waals surface area contributed by atoms with Crippen molar-refractivity contribution < 1.29 is 0 Å². The van der Waals surface area contributed by atoms with Crippen molar-refractivity contribution in [2.75, 3.05) is 0 Å². The Labute approximate surface area is 67.7 Å². The highest BCUT2D eigenvalue weighted by molar-refractivity contribution is 8.93. The van der Waals surface area contributed by atoms with Crippen LogP contribution in [0.3, 0.4) is 0 Å². The number of hydrogen-bond donors (Lipinski definition) is 0. The Bertz CT molecular complexity index is 76.5. The third kappa shape index (κ3) is 7.70. The predicted octanol–water partition coefficient (Wildman–Crippen LogP) is 3.29. The van der Waals surface area contributed by atoms with Crippen LogP contribution in [0.2, 0.25) is 0 Å². The maximum atomic E-state index is 2.00. The minimum absolute atomic E-state index is 0. The van der Waals surface area contributed by atoms with Gasteiger partial charge in [0.05, 0.1) is 0 Å². The second-order valence-electron chi connectivity index (χ2n) is 1.15. The van der Waals surface area contributed by atoms with Crippen molar-refractivity contribution in [1.29, 1.82) is 0 Å². The topological polar surface area (TPSA) is 0 Å². The molecule has 1 heteroatoms. The molecule has 0 heterocycles. The van der Waals surface area contributed by atoms with Crippen LogP contribution in [0.15, 0.2) is 36.4 Å². The second-order valence-corrected chi connectivity index (χ2v) is 1.15. The van der Waals surface area contributed by atoms with E-state index in [-0.39, 0.29) is 17.0 Å². The van der Waals surface area contributed by atoms with Gasteiger partial charge < -0.3 is 0 Å². The van der Waals surface area contributed by atoms with Crippen LogP contribution in [0.1, 0.15) is 13.8 Å². The summed E-state index contributed by atoms with van der Waals surface area (Å²) < 4.78 is 0. The molecule has 0 nitrogen and oxygen atoms in total. The van der Waals surface area contributed by atoms with Crippen LogP contribution in [0.25, 0.3) is 0 Å². The van der Waals surface area contributed by atoms with Crippen LogP contribution in [0.5, 0.6) is 0 Å². The fourth-order valence-corrected chi connectivity index (χ4v) is 0.385. The third-order valence-electron chi connectivity index (χ3n) is 0.667. The van der Waals surface area contributed by atoms with Crippen molar-refractivity contribution in [1.82, 2.24) is 0 Å². The molecule has 0 aliphatic heterocycles. The molecule has 0 spiro atoms. The maximum Gasteiger partial charge on any atom is -0.0623 e. The Morgan fingerprint density at radius 1 is 0.556 bits per heavy atom. The highest BCUT2D eigenvalue weighted by Crippen LogP contribution is 1.79. The van der Waals surface area contributed by atoms with Crippen LogP contribution >= 0.6 is 17.0 Å². The molecule has 0 bridgehead atoms. The van der Waals surface area contributed by atoms with E-state index in [1.54, 1.807) is 0 Å². The van der Waals surface area contributed by atoms with Gasteiger partial charge in [-0.1, -0.05) is 50.2 Å². The van der Waals surface area contributed by atoms with Gasteiger partial charge in [0.1, 0.15) is 0 Å². The molecule has 52 valence electrons. The molecule has 0 radical (unpaired) electrons. The maximum absolute atomic E-state index is 2.00. The van der Waals surface area contributed by atoms with Gasteiger partial charge in [-0.25, -0.2) is 0 Å². The summed E-state index contributed by atoms with van der Waals surface area (Å²) in [6.45, 7) is 4.00. The largest absolute Gasteiger partial charge is 0.114 e. The van der Waals surface area contributed by atoms with Crippen molar-refractivity contribution in [3.05, 3.63) is 36.4 Å². The minimum atomic E-state index is 0. The Hall–Kier alpha value is -0.300. The lowest BCUT2D eigenvalue weighted by molar-refractivity contribution is 1.50. The molecule has 0 saturated carbocycles. The van der Waals surface area contributed by atoms with Crippen molar-refractivity contribution in [3.63, 3.8) is 0 Å². The quantitative estimate of drug-likeness (QED) is 0.587. The summed E-state index contributed by atoms with van der Waals surface area (Å²) in [5.74, 6) is 0. The molecule has 1 aromatic carbocycles. The van der Waals surface area contributed by atoms with E-state index in [9.17, 15) is 0 Å². The van der Waals surface area contributed by atoms with E-state index in [0.29, 0.717) is 0 Å². The second kappa shape index (κ2) is 10.6. The van der Waals surface area contributed by atoms with Crippen molar-refractivity contribution in [2.45, 2.75) is 13.8 Å². The van der Waals surface area contributed by atoms with E-state index in [4.69, 9.17) is 0 Å². The van der Waals surface area contributed by atoms with Crippen molar-refractivity contribution in [3.8, 4) is 0 Å². The Morgan fingerprint density at radius 3 is 0.778 bits per heavy atom. The summed E-state index contributed by atoms with van der Waals surface area (Å²) >= 11 is 0. The van der Waals surface area contributed by atoms with E-state index < -0.39 is 0 Å². The standard InChI is InChI=1S/C6H6.C2H6.BrH/c1-2-4-6-5-3-1;1-2;/h1-6H;1-2H3;1H. The third-order valence-corrected chi connectivity index (χ3v) is 0.667. The zero-order valence-corrected chi connectivity index (χ0v) is 7.59. The number of rotatable bonds is 0. The number of halogens is 1. The zero-order chi connectivity index (χ0) is 6.24. The van der Waals surface area contributed by atoms with E-state index in [1.165, 1.54) is 0 Å². The Morgan fingerprint density at radius 2 is 0.667 bits per heavy atom. The summed E-state index contributed by atoms with van der Waals surface area (Å²) in [5, 5.41) is 0. The Kier molecular flexibility index (Phi) is 13.6. The average molecular weight is 189 g/mol. The highest BCUT2D eigenvalue weighted by Gasteiger charge is 1.57. The average Bonchev–Trinajstić information content (AvgIpc) is 1.96. The minimum Gasteiger partial charge on any atom is -0.114 e. The SMILES string of the molecule is Br.CC.c1ccccc1. The lowest BCUT2D eigenvalue weighted by Crippen LogP contribution is -1.47. The van der Waals surface area contributed by atoms with Crippen LogP contribution < -0.4 is 0 Å². The van der Waals surface area contributed by atoms with Gasteiger partial charge in [-0.05, 0) is 0 Å². The van der Waals surface area contributed by atoms with Gasteiger partial charge in [0.2, 0.25) is 0 Å². The first-order valence-electron chi connectivity index (χ1n) is 3.00. The van der Waals surface area contributed by atoms with E-state index in [2.05, 4.69) is 0 Å². The van der Waals surface area contributed by atoms with Crippen molar-refractivity contribution in [2.24, 2.45) is 0 Å². The first-order chi connectivity index (χ1) is 4.00. The molecule has 0 saturated heterocycles. The van der Waals surface area contributed by atoms with Gasteiger partial charge in [-0.15, -0.1) is 17.0 Å². The van der Waals surface area contributed by atoms with Crippen molar-refractivity contribution >= 4 is 17.0 Å². The molecule has 0 N–H and O–H groups in total. The molecule has 9 heavy (non-hydrogen) atoms. The van der Waals surface area contributed by atoms with E-state index in [0.717, 1.165) is 0 Å². The fraction of sp³-hybridized carbons (Fsp3) is 0.250.